The molecule has 1 spiro atoms. The van der Waals surface area contributed by atoms with E-state index in [0.29, 0.717) is 5.41 Å². The summed E-state index contributed by atoms with van der Waals surface area (Å²) < 4.78 is 0. The molecule has 0 aromatic carbocycles. The van der Waals surface area contributed by atoms with Crippen LogP contribution in [-0.4, -0.2) is 25.5 Å². The van der Waals surface area contributed by atoms with Crippen molar-refractivity contribution in [3.05, 3.63) is 0 Å². The van der Waals surface area contributed by atoms with E-state index in [0.717, 1.165) is 32.5 Å². The van der Waals surface area contributed by atoms with E-state index in [-0.39, 0.29) is 5.91 Å². The van der Waals surface area contributed by atoms with Crippen molar-refractivity contribution in [2.75, 3.05) is 19.6 Å². The maximum atomic E-state index is 11.1. The van der Waals surface area contributed by atoms with Crippen LogP contribution >= 0.6 is 0 Å². The minimum Gasteiger partial charge on any atom is -0.356 e. The normalized spacial score (nSPS) is 36.5. The minimum absolute atomic E-state index is 0.247. The Bertz CT molecular complexity index is 183. The third-order valence-corrected chi connectivity index (χ3v) is 3.09. The van der Waals surface area contributed by atoms with Crippen molar-refractivity contribution in [2.45, 2.75) is 25.7 Å². The molecule has 2 saturated heterocycles. The molecule has 1 unspecified atom stereocenters. The van der Waals surface area contributed by atoms with Crippen molar-refractivity contribution in [2.24, 2.45) is 5.41 Å². The molecule has 0 bridgehead atoms. The first-order chi connectivity index (χ1) is 5.81. The summed E-state index contributed by atoms with van der Waals surface area (Å²) in [7, 11) is 0. The molecule has 3 heteroatoms. The van der Waals surface area contributed by atoms with Crippen LogP contribution in [0.3, 0.4) is 0 Å². The molecule has 3 nitrogen and oxygen atoms in total. The Kier molecular flexibility index (Phi) is 2.05. The fourth-order valence-electron chi connectivity index (χ4n) is 2.30. The molecular formula is C9H16N2O. The van der Waals surface area contributed by atoms with E-state index in [1.807, 2.05) is 0 Å². The zero-order chi connectivity index (χ0) is 8.44. The number of carbonyl (C=O) groups is 1. The summed E-state index contributed by atoms with van der Waals surface area (Å²) in [5.74, 6) is 0.247. The summed E-state index contributed by atoms with van der Waals surface area (Å²) in [6.07, 6.45) is 4.34. The largest absolute Gasteiger partial charge is 0.356 e. The van der Waals surface area contributed by atoms with Gasteiger partial charge in [0.15, 0.2) is 0 Å². The number of carbonyl (C=O) groups excluding carboxylic acids is 1. The quantitative estimate of drug-likeness (QED) is 0.545. The van der Waals surface area contributed by atoms with Gasteiger partial charge in [-0.3, -0.25) is 4.79 Å². The average Bonchev–Trinajstić information content (AvgIpc) is 2.30. The standard InChI is InChI=1S/C9H16N2O/c12-8-6-9(7-11-8)2-1-4-10-5-3-9/h10H,1-7H2,(H,11,12). The number of hydrogen-bond acceptors (Lipinski definition) is 2. The van der Waals surface area contributed by atoms with Crippen LogP contribution in [0.5, 0.6) is 0 Å². The summed E-state index contributed by atoms with van der Waals surface area (Å²) in [6, 6.07) is 0. The molecule has 2 aliphatic heterocycles. The van der Waals surface area contributed by atoms with Gasteiger partial charge in [-0.15, -0.1) is 0 Å². The van der Waals surface area contributed by atoms with Crippen LogP contribution in [0, 0.1) is 5.41 Å². The van der Waals surface area contributed by atoms with Crippen molar-refractivity contribution in [3.63, 3.8) is 0 Å². The third kappa shape index (κ3) is 1.46. The number of amides is 1. The monoisotopic (exact) mass is 168 g/mol. The first-order valence-corrected chi connectivity index (χ1v) is 4.78. The molecule has 2 heterocycles. The zero-order valence-electron chi connectivity index (χ0n) is 7.36. The molecule has 2 rings (SSSR count). The van der Waals surface area contributed by atoms with Crippen molar-refractivity contribution >= 4 is 5.91 Å². The maximum absolute atomic E-state index is 11.1. The first kappa shape index (κ1) is 8.05. The highest BCUT2D eigenvalue weighted by Crippen LogP contribution is 2.35. The molecule has 0 aromatic heterocycles. The van der Waals surface area contributed by atoms with Gasteiger partial charge in [0.2, 0.25) is 5.91 Å². The van der Waals surface area contributed by atoms with Crippen molar-refractivity contribution in [3.8, 4) is 0 Å². The van der Waals surface area contributed by atoms with Gasteiger partial charge in [0.05, 0.1) is 0 Å². The number of hydrogen-bond donors (Lipinski definition) is 2. The van der Waals surface area contributed by atoms with Crippen LogP contribution in [0.2, 0.25) is 0 Å². The Labute approximate surface area is 72.9 Å². The zero-order valence-corrected chi connectivity index (χ0v) is 7.36. The maximum Gasteiger partial charge on any atom is 0.220 e. The van der Waals surface area contributed by atoms with E-state index >= 15 is 0 Å². The SMILES string of the molecule is O=C1CC2(CCCNCC2)CN1. The Hall–Kier alpha value is -0.570. The third-order valence-electron chi connectivity index (χ3n) is 3.09. The Balaban J connectivity index is 2.03. The fourth-order valence-corrected chi connectivity index (χ4v) is 2.30. The highest BCUT2D eigenvalue weighted by molar-refractivity contribution is 5.79. The van der Waals surface area contributed by atoms with Crippen LogP contribution in [0.25, 0.3) is 0 Å². The average molecular weight is 168 g/mol. The lowest BCUT2D eigenvalue weighted by Crippen LogP contribution is -2.25. The second-order valence-corrected chi connectivity index (χ2v) is 4.06. The molecule has 2 N–H and O–H groups in total. The van der Waals surface area contributed by atoms with Gasteiger partial charge in [0.25, 0.3) is 0 Å². The predicted octanol–water partition coefficient (Wildman–Crippen LogP) is 0.266. The molecule has 0 aliphatic carbocycles. The highest BCUT2D eigenvalue weighted by Gasteiger charge is 2.37. The lowest BCUT2D eigenvalue weighted by molar-refractivity contribution is -0.119. The van der Waals surface area contributed by atoms with Crippen LogP contribution in [0.15, 0.2) is 0 Å². The Morgan fingerprint density at radius 2 is 2.17 bits per heavy atom. The van der Waals surface area contributed by atoms with E-state index in [4.69, 9.17) is 0 Å². The van der Waals surface area contributed by atoms with E-state index in [1.165, 1.54) is 12.8 Å². The summed E-state index contributed by atoms with van der Waals surface area (Å²) in [5, 5.41) is 6.32. The van der Waals surface area contributed by atoms with E-state index in [2.05, 4.69) is 10.6 Å². The summed E-state index contributed by atoms with van der Waals surface area (Å²) in [4.78, 5) is 11.1. The van der Waals surface area contributed by atoms with Crippen LogP contribution in [0.4, 0.5) is 0 Å². The molecular weight excluding hydrogens is 152 g/mol. The predicted molar refractivity (Wildman–Crippen MR) is 46.8 cm³/mol. The topological polar surface area (TPSA) is 41.1 Å². The summed E-state index contributed by atoms with van der Waals surface area (Å²) >= 11 is 0. The Morgan fingerprint density at radius 3 is 2.92 bits per heavy atom. The molecule has 0 aromatic rings. The molecule has 0 radical (unpaired) electrons. The number of nitrogens with one attached hydrogen (secondary N) is 2. The van der Waals surface area contributed by atoms with Crippen LogP contribution in [0.1, 0.15) is 25.7 Å². The first-order valence-electron chi connectivity index (χ1n) is 4.78. The van der Waals surface area contributed by atoms with Gasteiger partial charge in [-0.25, -0.2) is 0 Å². The van der Waals surface area contributed by atoms with Gasteiger partial charge in [-0.05, 0) is 37.8 Å². The molecule has 12 heavy (non-hydrogen) atoms. The highest BCUT2D eigenvalue weighted by atomic mass is 16.1. The molecule has 2 fully saturated rings. The smallest absolute Gasteiger partial charge is 0.220 e. The molecule has 68 valence electrons. The van der Waals surface area contributed by atoms with Gasteiger partial charge >= 0.3 is 0 Å². The van der Waals surface area contributed by atoms with E-state index < -0.39 is 0 Å². The Morgan fingerprint density at radius 1 is 1.25 bits per heavy atom. The van der Waals surface area contributed by atoms with Crippen LogP contribution in [-0.2, 0) is 4.79 Å². The molecule has 0 saturated carbocycles. The minimum atomic E-state index is 0.247. The van der Waals surface area contributed by atoms with E-state index in [9.17, 15) is 4.79 Å². The van der Waals surface area contributed by atoms with Crippen molar-refractivity contribution in [1.29, 1.82) is 0 Å². The lowest BCUT2D eigenvalue weighted by Gasteiger charge is -2.24. The van der Waals surface area contributed by atoms with Gasteiger partial charge in [0, 0.05) is 13.0 Å². The van der Waals surface area contributed by atoms with Gasteiger partial charge in [-0.2, -0.15) is 0 Å². The second kappa shape index (κ2) is 3.05. The molecule has 1 amide bonds. The van der Waals surface area contributed by atoms with Gasteiger partial charge < -0.3 is 10.6 Å². The van der Waals surface area contributed by atoms with Gasteiger partial charge in [-0.1, -0.05) is 0 Å². The number of rotatable bonds is 0. The molecule has 1 atom stereocenters. The summed E-state index contributed by atoms with van der Waals surface area (Å²) in [5.41, 5.74) is 0.306. The van der Waals surface area contributed by atoms with Gasteiger partial charge in [0.1, 0.15) is 0 Å². The summed E-state index contributed by atoms with van der Waals surface area (Å²) in [6.45, 7) is 3.11. The van der Waals surface area contributed by atoms with Crippen molar-refractivity contribution < 1.29 is 4.79 Å². The second-order valence-electron chi connectivity index (χ2n) is 4.06. The fraction of sp³-hybridized carbons (Fsp3) is 0.889. The van der Waals surface area contributed by atoms with E-state index in [1.54, 1.807) is 0 Å². The molecule has 2 aliphatic rings. The lowest BCUT2D eigenvalue weighted by atomic mass is 9.80. The van der Waals surface area contributed by atoms with Crippen molar-refractivity contribution in [1.82, 2.24) is 10.6 Å². The van der Waals surface area contributed by atoms with Crippen LogP contribution < -0.4 is 10.6 Å².